The molecule has 2 aromatic carbocycles. The third-order valence-corrected chi connectivity index (χ3v) is 5.41. The van der Waals surface area contributed by atoms with Crippen LogP contribution in [-0.4, -0.2) is 24.9 Å². The Balaban J connectivity index is 1.43. The van der Waals surface area contributed by atoms with Crippen LogP contribution in [0.25, 0.3) is 0 Å². The second kappa shape index (κ2) is 8.45. The number of benzene rings is 2. The number of nitrogens with one attached hydrogen (secondary N) is 2. The second-order valence-electron chi connectivity index (χ2n) is 7.80. The Morgan fingerprint density at radius 1 is 1.03 bits per heavy atom. The molecule has 2 N–H and O–H groups in total. The van der Waals surface area contributed by atoms with E-state index in [1.807, 2.05) is 37.3 Å². The average Bonchev–Trinajstić information content (AvgIpc) is 3.42. The van der Waals surface area contributed by atoms with Crippen molar-refractivity contribution in [1.29, 1.82) is 0 Å². The highest BCUT2D eigenvalue weighted by Crippen LogP contribution is 2.25. The Morgan fingerprint density at radius 2 is 1.83 bits per heavy atom. The molecule has 0 saturated carbocycles. The van der Waals surface area contributed by atoms with Crippen molar-refractivity contribution in [2.75, 3.05) is 28.6 Å². The number of hydrogen-bond acceptors (Lipinski definition) is 4. The van der Waals surface area contributed by atoms with Crippen LogP contribution in [0.2, 0.25) is 0 Å². The van der Waals surface area contributed by atoms with E-state index in [9.17, 15) is 9.59 Å². The Bertz CT molecular complexity index is 1040. The zero-order chi connectivity index (χ0) is 21.1. The van der Waals surface area contributed by atoms with E-state index in [0.29, 0.717) is 17.2 Å². The molecule has 4 rings (SSSR count). The van der Waals surface area contributed by atoms with E-state index < -0.39 is 0 Å². The molecule has 3 aromatic rings. The summed E-state index contributed by atoms with van der Waals surface area (Å²) in [4.78, 5) is 27.3. The maximum atomic E-state index is 12.7. The largest absolute Gasteiger partial charge is 0.459 e. The fourth-order valence-corrected chi connectivity index (χ4v) is 3.62. The van der Waals surface area contributed by atoms with E-state index in [2.05, 4.69) is 22.5 Å². The molecule has 1 saturated heterocycles. The normalized spacial score (nSPS) is 15.8. The van der Waals surface area contributed by atoms with E-state index in [4.69, 9.17) is 4.42 Å². The van der Waals surface area contributed by atoms with Gasteiger partial charge in [0.1, 0.15) is 0 Å². The summed E-state index contributed by atoms with van der Waals surface area (Å²) in [6.07, 6.45) is 2.66. The van der Waals surface area contributed by atoms with Crippen molar-refractivity contribution in [2.45, 2.75) is 20.3 Å². The molecule has 1 unspecified atom stereocenters. The van der Waals surface area contributed by atoms with Crippen LogP contribution in [0.3, 0.4) is 0 Å². The Kier molecular flexibility index (Phi) is 5.57. The maximum absolute atomic E-state index is 12.7. The van der Waals surface area contributed by atoms with Gasteiger partial charge < -0.3 is 20.0 Å². The number of hydrogen-bond donors (Lipinski definition) is 2. The van der Waals surface area contributed by atoms with Crippen molar-refractivity contribution in [2.24, 2.45) is 5.92 Å². The van der Waals surface area contributed by atoms with E-state index in [1.165, 1.54) is 18.4 Å². The smallest absolute Gasteiger partial charge is 0.291 e. The summed E-state index contributed by atoms with van der Waals surface area (Å²) in [6, 6.07) is 16.4. The van der Waals surface area contributed by atoms with Crippen LogP contribution in [0.15, 0.2) is 65.3 Å². The Morgan fingerprint density at radius 3 is 2.50 bits per heavy atom. The van der Waals surface area contributed by atoms with Gasteiger partial charge >= 0.3 is 0 Å². The van der Waals surface area contributed by atoms with Gasteiger partial charge in [0.25, 0.3) is 11.8 Å². The van der Waals surface area contributed by atoms with Gasteiger partial charge in [-0.05, 0) is 73.4 Å². The van der Waals surface area contributed by atoms with Gasteiger partial charge in [-0.3, -0.25) is 9.59 Å². The summed E-state index contributed by atoms with van der Waals surface area (Å²) < 4.78 is 5.12. The molecule has 1 atom stereocenters. The first kappa shape index (κ1) is 19.8. The topological polar surface area (TPSA) is 74.6 Å². The van der Waals surface area contributed by atoms with Gasteiger partial charge in [0, 0.05) is 35.7 Å². The highest BCUT2D eigenvalue weighted by atomic mass is 16.3. The van der Waals surface area contributed by atoms with Crippen LogP contribution in [0.5, 0.6) is 0 Å². The molecule has 2 heterocycles. The molecular formula is C24H25N3O3. The molecule has 2 amide bonds. The molecule has 1 aliphatic heterocycles. The molecule has 0 aliphatic carbocycles. The Hall–Kier alpha value is -3.54. The lowest BCUT2D eigenvalue weighted by Gasteiger charge is -2.18. The fraction of sp³-hybridized carbons (Fsp3) is 0.250. The lowest BCUT2D eigenvalue weighted by Crippen LogP contribution is -2.19. The summed E-state index contributed by atoms with van der Waals surface area (Å²) >= 11 is 0. The summed E-state index contributed by atoms with van der Waals surface area (Å²) in [5, 5.41) is 5.72. The van der Waals surface area contributed by atoms with Crippen LogP contribution < -0.4 is 15.5 Å². The predicted octanol–water partition coefficient (Wildman–Crippen LogP) is 4.94. The van der Waals surface area contributed by atoms with E-state index >= 15 is 0 Å². The third kappa shape index (κ3) is 4.38. The second-order valence-corrected chi connectivity index (χ2v) is 7.80. The molecule has 6 heteroatoms. The summed E-state index contributed by atoms with van der Waals surface area (Å²) in [5.74, 6) is 0.351. The number of furan rings is 1. The molecule has 1 aliphatic rings. The van der Waals surface area contributed by atoms with Crippen LogP contribution in [0.1, 0.15) is 39.8 Å². The zero-order valence-corrected chi connectivity index (χ0v) is 17.1. The summed E-state index contributed by atoms with van der Waals surface area (Å²) in [5.41, 5.74) is 3.80. The molecule has 6 nitrogen and oxygen atoms in total. The monoisotopic (exact) mass is 403 g/mol. The number of rotatable bonds is 5. The first-order valence-electron chi connectivity index (χ1n) is 10.1. The minimum Gasteiger partial charge on any atom is -0.459 e. The van der Waals surface area contributed by atoms with Gasteiger partial charge in [-0.15, -0.1) is 0 Å². The lowest BCUT2D eigenvalue weighted by molar-refractivity contribution is 0.0993. The molecule has 0 spiro atoms. The van der Waals surface area contributed by atoms with Crippen LogP contribution in [0, 0.1) is 12.8 Å². The van der Waals surface area contributed by atoms with Crippen molar-refractivity contribution in [3.63, 3.8) is 0 Å². The number of amides is 2. The van der Waals surface area contributed by atoms with Crippen molar-refractivity contribution in [3.05, 3.63) is 77.7 Å². The lowest BCUT2D eigenvalue weighted by atomic mass is 10.1. The molecular weight excluding hydrogens is 378 g/mol. The van der Waals surface area contributed by atoms with E-state index in [0.717, 1.165) is 24.3 Å². The molecule has 154 valence electrons. The van der Waals surface area contributed by atoms with Gasteiger partial charge in [0.2, 0.25) is 0 Å². The average molecular weight is 403 g/mol. The third-order valence-electron chi connectivity index (χ3n) is 5.41. The highest BCUT2D eigenvalue weighted by Gasteiger charge is 2.19. The van der Waals surface area contributed by atoms with Crippen molar-refractivity contribution in [1.82, 2.24) is 0 Å². The molecule has 0 radical (unpaired) electrons. The van der Waals surface area contributed by atoms with E-state index in [-0.39, 0.29) is 17.6 Å². The van der Waals surface area contributed by atoms with Gasteiger partial charge in [0.05, 0.1) is 6.26 Å². The number of carbonyl (C=O) groups excluding carboxylic acids is 2. The van der Waals surface area contributed by atoms with Crippen LogP contribution >= 0.6 is 0 Å². The first-order valence-corrected chi connectivity index (χ1v) is 10.1. The molecule has 1 fully saturated rings. The van der Waals surface area contributed by atoms with Crippen molar-refractivity contribution < 1.29 is 14.0 Å². The standard InChI is InChI=1S/C24H25N3O3/c1-16-11-12-27(15-16)20-9-7-19(8-10-20)25-23(28)18-6-5-17(2)21(14-18)26-24(29)22-4-3-13-30-22/h3-10,13-14,16H,11-12,15H2,1-2H3,(H,25,28)(H,26,29). The van der Waals surface area contributed by atoms with Gasteiger partial charge in [-0.2, -0.15) is 0 Å². The number of carbonyl (C=O) groups is 2. The number of aryl methyl sites for hydroxylation is 1. The fourth-order valence-electron chi connectivity index (χ4n) is 3.62. The van der Waals surface area contributed by atoms with Crippen LogP contribution in [0.4, 0.5) is 17.1 Å². The zero-order valence-electron chi connectivity index (χ0n) is 17.1. The summed E-state index contributed by atoms with van der Waals surface area (Å²) in [7, 11) is 0. The number of nitrogens with zero attached hydrogens (tertiary/aromatic N) is 1. The van der Waals surface area contributed by atoms with Crippen molar-refractivity contribution >= 4 is 28.9 Å². The number of anilines is 3. The van der Waals surface area contributed by atoms with E-state index in [1.54, 1.807) is 24.3 Å². The minimum atomic E-state index is -0.354. The van der Waals surface area contributed by atoms with Crippen molar-refractivity contribution in [3.8, 4) is 0 Å². The predicted molar refractivity (Wildman–Crippen MR) is 118 cm³/mol. The first-order chi connectivity index (χ1) is 14.5. The highest BCUT2D eigenvalue weighted by molar-refractivity contribution is 6.07. The van der Waals surface area contributed by atoms with Crippen LogP contribution in [-0.2, 0) is 0 Å². The van der Waals surface area contributed by atoms with Gasteiger partial charge in [-0.1, -0.05) is 13.0 Å². The SMILES string of the molecule is Cc1ccc(C(=O)Nc2ccc(N3CCC(C)C3)cc2)cc1NC(=O)c1ccco1. The van der Waals surface area contributed by atoms with Gasteiger partial charge in [0.15, 0.2) is 5.76 Å². The Labute approximate surface area is 175 Å². The maximum Gasteiger partial charge on any atom is 0.291 e. The van der Waals surface area contributed by atoms with Gasteiger partial charge in [-0.25, -0.2) is 0 Å². The summed E-state index contributed by atoms with van der Waals surface area (Å²) in [6.45, 7) is 6.28. The molecule has 1 aromatic heterocycles. The quantitative estimate of drug-likeness (QED) is 0.633. The molecule has 0 bridgehead atoms. The molecule has 30 heavy (non-hydrogen) atoms. The minimum absolute atomic E-state index is 0.219.